The van der Waals surface area contributed by atoms with Crippen LogP contribution in [0.1, 0.15) is 6.92 Å². The van der Waals surface area contributed by atoms with Gasteiger partial charge in [-0.05, 0) is 0 Å². The van der Waals surface area contributed by atoms with E-state index in [1.807, 2.05) is 0 Å². The summed E-state index contributed by atoms with van der Waals surface area (Å²) >= 11 is 0. The van der Waals surface area contributed by atoms with Crippen LogP contribution in [0, 0.1) is 0 Å². The molecule has 2 aliphatic rings. The Labute approximate surface area is 74.6 Å². The number of cyclic esters (lactones) is 1. The van der Waals surface area contributed by atoms with Gasteiger partial charge in [-0.3, -0.25) is 10.1 Å². The van der Waals surface area contributed by atoms with Gasteiger partial charge in [0, 0.05) is 13.5 Å². The summed E-state index contributed by atoms with van der Waals surface area (Å²) in [5.74, 6) is -0.377. The molecule has 2 fully saturated rings. The maximum absolute atomic E-state index is 10.8. The number of esters is 1. The minimum Gasteiger partial charge on any atom is -0.447 e. The van der Waals surface area contributed by atoms with Gasteiger partial charge in [-0.1, -0.05) is 0 Å². The molecular weight excluding hydrogens is 176 g/mol. The smallest absolute Gasteiger partial charge is 0.407 e. The Morgan fingerprint density at radius 2 is 2.54 bits per heavy atom. The number of amides is 1. The van der Waals surface area contributed by atoms with E-state index in [0.29, 0.717) is 6.54 Å². The summed E-state index contributed by atoms with van der Waals surface area (Å²) in [5, 5.41) is 5.51. The second-order valence-corrected chi connectivity index (χ2v) is 3.23. The molecule has 13 heavy (non-hydrogen) atoms. The van der Waals surface area contributed by atoms with Crippen molar-refractivity contribution in [2.75, 3.05) is 13.2 Å². The first-order chi connectivity index (χ1) is 6.12. The van der Waals surface area contributed by atoms with Gasteiger partial charge in [0.05, 0.1) is 0 Å². The summed E-state index contributed by atoms with van der Waals surface area (Å²) in [7, 11) is 0. The van der Waals surface area contributed by atoms with E-state index >= 15 is 0 Å². The minimum absolute atomic E-state index is 0.247. The molecule has 0 aromatic heterocycles. The fourth-order valence-corrected chi connectivity index (χ4v) is 1.46. The molecular formula is C7H10N2O4. The molecule has 2 aliphatic heterocycles. The van der Waals surface area contributed by atoms with Gasteiger partial charge < -0.3 is 14.8 Å². The van der Waals surface area contributed by atoms with Crippen LogP contribution in [0.2, 0.25) is 0 Å². The maximum Gasteiger partial charge on any atom is 0.407 e. The molecule has 2 saturated heterocycles. The van der Waals surface area contributed by atoms with Crippen LogP contribution < -0.4 is 10.6 Å². The van der Waals surface area contributed by atoms with Crippen LogP contribution in [0.4, 0.5) is 4.79 Å². The van der Waals surface area contributed by atoms with Crippen LogP contribution in [0.15, 0.2) is 0 Å². The van der Waals surface area contributed by atoms with Gasteiger partial charge >= 0.3 is 12.1 Å². The monoisotopic (exact) mass is 186 g/mol. The lowest BCUT2D eigenvalue weighted by atomic mass is 9.91. The van der Waals surface area contributed by atoms with E-state index in [1.165, 1.54) is 6.92 Å². The molecule has 2 atom stereocenters. The van der Waals surface area contributed by atoms with Crippen molar-refractivity contribution in [3.05, 3.63) is 0 Å². The number of hydrogen-bond acceptors (Lipinski definition) is 5. The third-order valence-electron chi connectivity index (χ3n) is 2.20. The van der Waals surface area contributed by atoms with Gasteiger partial charge in [0.1, 0.15) is 12.1 Å². The number of hydrogen-bond donors (Lipinski definition) is 2. The van der Waals surface area contributed by atoms with E-state index < -0.39 is 17.9 Å². The Bertz CT molecular complexity index is 267. The zero-order valence-electron chi connectivity index (χ0n) is 7.12. The molecule has 0 aromatic rings. The average Bonchev–Trinajstić information content (AvgIpc) is 2.44. The highest BCUT2D eigenvalue weighted by Gasteiger charge is 2.55. The lowest BCUT2D eigenvalue weighted by molar-refractivity contribution is -0.161. The molecule has 0 aromatic carbocycles. The Morgan fingerprint density at radius 1 is 1.77 bits per heavy atom. The second-order valence-electron chi connectivity index (χ2n) is 3.23. The van der Waals surface area contributed by atoms with Crippen molar-refractivity contribution in [2.45, 2.75) is 18.7 Å². The fourth-order valence-electron chi connectivity index (χ4n) is 1.46. The van der Waals surface area contributed by atoms with Crippen molar-refractivity contribution in [2.24, 2.45) is 0 Å². The normalized spacial score (nSPS) is 36.4. The maximum atomic E-state index is 10.8. The molecule has 0 saturated carbocycles. The Balaban J connectivity index is 2.00. The summed E-state index contributed by atoms with van der Waals surface area (Å²) in [4.78, 5) is 21.4. The van der Waals surface area contributed by atoms with Gasteiger partial charge in [0.15, 0.2) is 6.23 Å². The predicted octanol–water partition coefficient (Wildman–Crippen LogP) is -1.04. The van der Waals surface area contributed by atoms with E-state index in [4.69, 9.17) is 9.47 Å². The van der Waals surface area contributed by atoms with Gasteiger partial charge in [0.2, 0.25) is 0 Å². The van der Waals surface area contributed by atoms with Crippen molar-refractivity contribution in [1.29, 1.82) is 0 Å². The standard InChI is InChI=1S/C7H10N2O4/c1-4(10)13-5-7(2-8-5)3-12-6(11)9-7/h5,8H,2-3H2,1H3,(H,9,11). The summed E-state index contributed by atoms with van der Waals surface area (Å²) in [6, 6.07) is 0. The van der Waals surface area contributed by atoms with Gasteiger partial charge in [-0.15, -0.1) is 0 Å². The molecule has 6 heteroatoms. The topological polar surface area (TPSA) is 76.7 Å². The van der Waals surface area contributed by atoms with Crippen molar-refractivity contribution >= 4 is 12.1 Å². The van der Waals surface area contributed by atoms with Crippen LogP contribution in [0.5, 0.6) is 0 Å². The SMILES string of the molecule is CC(=O)OC1NCC12COC(=O)N2. The van der Waals surface area contributed by atoms with Gasteiger partial charge in [0.25, 0.3) is 0 Å². The number of nitrogens with one attached hydrogen (secondary N) is 2. The van der Waals surface area contributed by atoms with Crippen LogP contribution >= 0.6 is 0 Å². The number of ether oxygens (including phenoxy) is 2. The predicted molar refractivity (Wildman–Crippen MR) is 40.8 cm³/mol. The van der Waals surface area contributed by atoms with Crippen LogP contribution in [-0.2, 0) is 14.3 Å². The van der Waals surface area contributed by atoms with Crippen molar-refractivity contribution in [1.82, 2.24) is 10.6 Å². The molecule has 6 nitrogen and oxygen atoms in total. The number of rotatable bonds is 1. The molecule has 0 radical (unpaired) electrons. The molecule has 2 N–H and O–H groups in total. The van der Waals surface area contributed by atoms with Crippen molar-refractivity contribution < 1.29 is 19.1 Å². The molecule has 1 spiro atoms. The first kappa shape index (κ1) is 8.31. The zero-order chi connectivity index (χ0) is 9.47. The number of carbonyl (C=O) groups excluding carboxylic acids is 2. The average molecular weight is 186 g/mol. The second kappa shape index (κ2) is 2.59. The summed E-state index contributed by atoms with van der Waals surface area (Å²) < 4.78 is 9.67. The van der Waals surface area contributed by atoms with Gasteiger partial charge in [-0.2, -0.15) is 0 Å². The van der Waals surface area contributed by atoms with Crippen molar-refractivity contribution in [3.63, 3.8) is 0 Å². The van der Waals surface area contributed by atoms with E-state index in [2.05, 4.69) is 10.6 Å². The first-order valence-corrected chi connectivity index (χ1v) is 3.98. The molecule has 2 heterocycles. The van der Waals surface area contributed by atoms with Gasteiger partial charge in [-0.25, -0.2) is 4.79 Å². The number of alkyl carbamates (subject to hydrolysis) is 1. The molecule has 1 amide bonds. The fraction of sp³-hybridized carbons (Fsp3) is 0.714. The highest BCUT2D eigenvalue weighted by molar-refractivity contribution is 5.72. The Morgan fingerprint density at radius 3 is 2.92 bits per heavy atom. The third-order valence-corrected chi connectivity index (χ3v) is 2.20. The van der Waals surface area contributed by atoms with Crippen LogP contribution in [0.3, 0.4) is 0 Å². The highest BCUT2D eigenvalue weighted by atomic mass is 16.6. The largest absolute Gasteiger partial charge is 0.447 e. The summed E-state index contributed by atoms with van der Waals surface area (Å²) in [5.41, 5.74) is -0.539. The molecule has 72 valence electrons. The van der Waals surface area contributed by atoms with Crippen LogP contribution in [-0.4, -0.2) is 37.0 Å². The first-order valence-electron chi connectivity index (χ1n) is 3.98. The van der Waals surface area contributed by atoms with Crippen LogP contribution in [0.25, 0.3) is 0 Å². The van der Waals surface area contributed by atoms with E-state index in [-0.39, 0.29) is 12.6 Å². The quantitative estimate of drug-likeness (QED) is 0.511. The Kier molecular flexibility index (Phi) is 1.66. The lowest BCUT2D eigenvalue weighted by Crippen LogP contribution is -2.75. The third kappa shape index (κ3) is 1.23. The van der Waals surface area contributed by atoms with E-state index in [0.717, 1.165) is 0 Å². The minimum atomic E-state index is -0.539. The summed E-state index contributed by atoms with van der Waals surface area (Å²) in [6.07, 6.45) is -0.921. The molecule has 2 rings (SSSR count). The number of carbonyl (C=O) groups is 2. The lowest BCUT2D eigenvalue weighted by Gasteiger charge is -2.44. The molecule has 2 unspecified atom stereocenters. The molecule has 0 bridgehead atoms. The summed E-state index contributed by atoms with van der Waals surface area (Å²) in [6.45, 7) is 2.14. The van der Waals surface area contributed by atoms with E-state index in [1.54, 1.807) is 0 Å². The van der Waals surface area contributed by atoms with E-state index in [9.17, 15) is 9.59 Å². The Hall–Kier alpha value is -1.30. The zero-order valence-corrected chi connectivity index (χ0v) is 7.12. The van der Waals surface area contributed by atoms with Crippen molar-refractivity contribution in [3.8, 4) is 0 Å². The highest BCUT2D eigenvalue weighted by Crippen LogP contribution is 2.25. The molecule has 0 aliphatic carbocycles.